The summed E-state index contributed by atoms with van der Waals surface area (Å²) in [5.74, 6) is -0.970. The maximum atomic E-state index is 13.3. The molecule has 3 aromatic rings. The normalized spacial score (nSPS) is 17.0. The van der Waals surface area contributed by atoms with Crippen LogP contribution in [0.2, 0.25) is 0 Å². The van der Waals surface area contributed by atoms with Crippen LogP contribution in [0.15, 0.2) is 78.4 Å². The van der Waals surface area contributed by atoms with Crippen LogP contribution >= 0.6 is 0 Å². The maximum absolute atomic E-state index is 13.3. The number of urea groups is 1. The van der Waals surface area contributed by atoms with Gasteiger partial charge in [0, 0.05) is 18.8 Å². The number of barbiturate groups is 1. The molecule has 0 unspecified atom stereocenters. The number of anilines is 2. The number of hydrogen-bond donors (Lipinski definition) is 1. The number of nitrogens with one attached hydrogen (secondary N) is 1. The molecule has 2 aliphatic heterocycles. The van der Waals surface area contributed by atoms with Gasteiger partial charge in [0.15, 0.2) is 0 Å². The highest BCUT2D eigenvalue weighted by atomic mass is 16.2. The molecule has 4 amide bonds. The molecule has 1 N–H and O–H groups in total. The fourth-order valence-corrected chi connectivity index (χ4v) is 4.82. The Bertz CT molecular complexity index is 1340. The second kappa shape index (κ2) is 9.82. The van der Waals surface area contributed by atoms with E-state index >= 15 is 0 Å². The van der Waals surface area contributed by atoms with Gasteiger partial charge in [0.2, 0.25) is 0 Å². The second-order valence-corrected chi connectivity index (χ2v) is 9.60. The topological polar surface area (TPSA) is 69.7 Å². The summed E-state index contributed by atoms with van der Waals surface area (Å²) in [6, 6.07) is 22.9. The molecular formula is C30H29N3O3. The van der Waals surface area contributed by atoms with E-state index in [1.54, 1.807) is 18.2 Å². The summed E-state index contributed by atoms with van der Waals surface area (Å²) >= 11 is 0. The summed E-state index contributed by atoms with van der Waals surface area (Å²) in [6.45, 7) is 5.97. The van der Waals surface area contributed by atoms with E-state index in [1.807, 2.05) is 30.3 Å². The third-order valence-corrected chi connectivity index (χ3v) is 6.77. The van der Waals surface area contributed by atoms with E-state index in [9.17, 15) is 14.4 Å². The maximum Gasteiger partial charge on any atom is 0.335 e. The summed E-state index contributed by atoms with van der Waals surface area (Å²) in [6.07, 6.45) is 3.55. The highest BCUT2D eigenvalue weighted by Crippen LogP contribution is 2.31. The Morgan fingerprint density at radius 3 is 2.42 bits per heavy atom. The summed E-state index contributed by atoms with van der Waals surface area (Å²) < 4.78 is 0. The molecule has 0 bridgehead atoms. The average Bonchev–Trinajstić information content (AvgIpc) is 2.87. The number of rotatable bonds is 5. The van der Waals surface area contributed by atoms with E-state index in [0.29, 0.717) is 11.6 Å². The van der Waals surface area contributed by atoms with Crippen LogP contribution in [0.4, 0.5) is 16.2 Å². The minimum Gasteiger partial charge on any atom is -0.367 e. The van der Waals surface area contributed by atoms with Gasteiger partial charge in [-0.3, -0.25) is 14.9 Å². The number of aryl methyl sites for hydroxylation is 1. The van der Waals surface area contributed by atoms with Gasteiger partial charge >= 0.3 is 6.03 Å². The molecule has 6 heteroatoms. The predicted molar refractivity (Wildman–Crippen MR) is 142 cm³/mol. The second-order valence-electron chi connectivity index (χ2n) is 9.60. The molecule has 1 saturated heterocycles. The third kappa shape index (κ3) is 4.67. The van der Waals surface area contributed by atoms with Crippen LogP contribution in [0.25, 0.3) is 6.08 Å². The first kappa shape index (κ1) is 23.5. The number of nitrogens with zero attached hydrogens (tertiary/aromatic N) is 2. The van der Waals surface area contributed by atoms with Gasteiger partial charge in [-0.05, 0) is 71.4 Å². The van der Waals surface area contributed by atoms with Gasteiger partial charge in [0.05, 0.1) is 5.69 Å². The van der Waals surface area contributed by atoms with Crippen molar-refractivity contribution in [3.8, 4) is 0 Å². The van der Waals surface area contributed by atoms with E-state index in [1.165, 1.54) is 16.8 Å². The largest absolute Gasteiger partial charge is 0.367 e. The molecule has 0 spiro atoms. The van der Waals surface area contributed by atoms with Crippen LogP contribution in [-0.2, 0) is 22.6 Å². The molecular weight excluding hydrogens is 450 g/mol. The molecule has 0 saturated carbocycles. The monoisotopic (exact) mass is 479 g/mol. The molecule has 5 rings (SSSR count). The van der Waals surface area contributed by atoms with Crippen LogP contribution in [-0.4, -0.2) is 24.4 Å². The Hall–Kier alpha value is -4.19. The lowest BCUT2D eigenvalue weighted by Crippen LogP contribution is -2.54. The number of benzene rings is 3. The van der Waals surface area contributed by atoms with Crippen LogP contribution in [0, 0.1) is 0 Å². The van der Waals surface area contributed by atoms with Crippen molar-refractivity contribution < 1.29 is 14.4 Å². The first-order chi connectivity index (χ1) is 17.4. The Kier molecular flexibility index (Phi) is 6.42. The van der Waals surface area contributed by atoms with Crippen molar-refractivity contribution in [3.05, 3.63) is 101 Å². The SMILES string of the molecule is CC(C)c1ccc(N2C(=O)NC(=O)C(=Cc3ccc4c(c3)CCCN4Cc3ccccc3)C2=O)cc1. The molecule has 2 aliphatic rings. The minimum atomic E-state index is -0.735. The molecule has 6 nitrogen and oxygen atoms in total. The number of amides is 4. The standard InChI is InChI=1S/C30H29N3O3/c1-20(2)23-11-13-25(14-12-23)33-29(35)26(28(34)31-30(33)36)18-22-10-15-27-24(17-22)9-6-16-32(27)19-21-7-4-3-5-8-21/h3-5,7-8,10-15,17-18,20H,6,9,16,19H2,1-2H3,(H,31,34,36). The lowest BCUT2D eigenvalue weighted by Gasteiger charge is -2.32. The first-order valence-corrected chi connectivity index (χ1v) is 12.3. The molecule has 0 aliphatic carbocycles. The van der Waals surface area contributed by atoms with Crippen molar-refractivity contribution in [2.24, 2.45) is 0 Å². The number of carbonyl (C=O) groups is 3. The molecule has 0 atom stereocenters. The minimum absolute atomic E-state index is 0.0561. The fraction of sp³-hybridized carbons (Fsp3) is 0.233. The zero-order valence-corrected chi connectivity index (χ0v) is 20.5. The summed E-state index contributed by atoms with van der Waals surface area (Å²) in [5.41, 5.74) is 5.86. The molecule has 0 aromatic heterocycles. The Morgan fingerprint density at radius 1 is 0.944 bits per heavy atom. The lowest BCUT2D eigenvalue weighted by atomic mass is 9.97. The van der Waals surface area contributed by atoms with E-state index < -0.39 is 17.8 Å². The summed E-state index contributed by atoms with van der Waals surface area (Å²) in [5, 5.41) is 2.31. The van der Waals surface area contributed by atoms with Crippen molar-refractivity contribution in [1.82, 2.24) is 5.32 Å². The van der Waals surface area contributed by atoms with Gasteiger partial charge < -0.3 is 4.90 Å². The Balaban J connectivity index is 1.42. The van der Waals surface area contributed by atoms with Gasteiger partial charge in [-0.25, -0.2) is 9.69 Å². The number of hydrogen-bond acceptors (Lipinski definition) is 4. The van der Waals surface area contributed by atoms with Crippen molar-refractivity contribution in [2.75, 3.05) is 16.3 Å². The zero-order valence-electron chi connectivity index (χ0n) is 20.5. The van der Waals surface area contributed by atoms with Crippen molar-refractivity contribution >= 4 is 35.3 Å². The van der Waals surface area contributed by atoms with Crippen LogP contribution in [0.3, 0.4) is 0 Å². The van der Waals surface area contributed by atoms with Crippen LogP contribution < -0.4 is 15.1 Å². The summed E-state index contributed by atoms with van der Waals surface area (Å²) in [7, 11) is 0. The fourth-order valence-electron chi connectivity index (χ4n) is 4.82. The molecule has 182 valence electrons. The van der Waals surface area contributed by atoms with E-state index in [2.05, 4.69) is 54.4 Å². The van der Waals surface area contributed by atoms with Crippen molar-refractivity contribution in [3.63, 3.8) is 0 Å². The lowest BCUT2D eigenvalue weighted by molar-refractivity contribution is -0.122. The van der Waals surface area contributed by atoms with E-state index in [4.69, 9.17) is 0 Å². The zero-order chi connectivity index (χ0) is 25.2. The van der Waals surface area contributed by atoms with Crippen LogP contribution in [0.1, 0.15) is 48.4 Å². The number of imide groups is 2. The Morgan fingerprint density at radius 2 is 1.69 bits per heavy atom. The van der Waals surface area contributed by atoms with Gasteiger partial charge in [-0.1, -0.05) is 62.4 Å². The Labute approximate surface area is 211 Å². The molecule has 2 heterocycles. The molecule has 3 aromatic carbocycles. The third-order valence-electron chi connectivity index (χ3n) is 6.77. The van der Waals surface area contributed by atoms with Gasteiger partial charge in [0.25, 0.3) is 11.8 Å². The highest BCUT2D eigenvalue weighted by molar-refractivity contribution is 6.39. The predicted octanol–water partition coefficient (Wildman–Crippen LogP) is 5.43. The van der Waals surface area contributed by atoms with Gasteiger partial charge in [0.1, 0.15) is 5.57 Å². The first-order valence-electron chi connectivity index (χ1n) is 12.3. The van der Waals surface area contributed by atoms with Gasteiger partial charge in [-0.2, -0.15) is 0 Å². The van der Waals surface area contributed by atoms with Crippen molar-refractivity contribution in [1.29, 1.82) is 0 Å². The van der Waals surface area contributed by atoms with Crippen LogP contribution in [0.5, 0.6) is 0 Å². The molecule has 36 heavy (non-hydrogen) atoms. The molecule has 1 fully saturated rings. The van der Waals surface area contributed by atoms with Crippen molar-refractivity contribution in [2.45, 2.75) is 39.2 Å². The smallest absolute Gasteiger partial charge is 0.335 e. The summed E-state index contributed by atoms with van der Waals surface area (Å²) in [4.78, 5) is 41.9. The van der Waals surface area contributed by atoms with E-state index in [0.717, 1.165) is 42.0 Å². The van der Waals surface area contributed by atoms with Gasteiger partial charge in [-0.15, -0.1) is 0 Å². The molecule has 0 radical (unpaired) electrons. The number of carbonyl (C=O) groups excluding carboxylic acids is 3. The van der Waals surface area contributed by atoms with E-state index in [-0.39, 0.29) is 5.57 Å². The highest BCUT2D eigenvalue weighted by Gasteiger charge is 2.36. The number of fused-ring (bicyclic) bond motifs is 1. The quantitative estimate of drug-likeness (QED) is 0.391. The average molecular weight is 480 g/mol.